The van der Waals surface area contributed by atoms with Crippen molar-refractivity contribution in [1.29, 1.82) is 0 Å². The van der Waals surface area contributed by atoms with Gasteiger partial charge in [-0.05, 0) is 19.8 Å². The summed E-state index contributed by atoms with van der Waals surface area (Å²) < 4.78 is 7.09. The third-order valence-corrected chi connectivity index (χ3v) is 4.87. The van der Waals surface area contributed by atoms with E-state index in [0.717, 1.165) is 29.9 Å². The first-order chi connectivity index (χ1) is 10.2. The zero-order valence-corrected chi connectivity index (χ0v) is 13.8. The summed E-state index contributed by atoms with van der Waals surface area (Å²) in [4.78, 5) is 11.4. The van der Waals surface area contributed by atoms with Crippen LogP contribution in [0.4, 0.5) is 0 Å². The Morgan fingerprint density at radius 3 is 2.71 bits per heavy atom. The van der Waals surface area contributed by atoms with Crippen molar-refractivity contribution in [3.63, 3.8) is 0 Å². The van der Waals surface area contributed by atoms with Gasteiger partial charge in [-0.15, -0.1) is 10.2 Å². The SMILES string of the molecule is CCOC(=O)CSc1nnc(CC2CCCCC2)n1CC. The molecule has 0 aliphatic heterocycles. The van der Waals surface area contributed by atoms with Crippen LogP contribution in [0.15, 0.2) is 5.16 Å². The second-order valence-corrected chi connectivity index (χ2v) is 6.39. The molecule has 2 rings (SSSR count). The smallest absolute Gasteiger partial charge is 0.316 e. The standard InChI is InChI=1S/C15H25N3O2S/c1-3-18-13(10-12-8-6-5-7-9-12)16-17-15(18)21-11-14(19)20-4-2/h12H,3-11H2,1-2H3. The van der Waals surface area contributed by atoms with Crippen LogP contribution in [0.2, 0.25) is 0 Å². The molecule has 0 aromatic carbocycles. The molecule has 0 spiro atoms. The Kier molecular flexibility index (Phi) is 6.54. The summed E-state index contributed by atoms with van der Waals surface area (Å²) in [5, 5.41) is 9.43. The summed E-state index contributed by atoms with van der Waals surface area (Å²) in [6.07, 6.45) is 7.69. The van der Waals surface area contributed by atoms with Gasteiger partial charge in [0.05, 0.1) is 12.4 Å². The van der Waals surface area contributed by atoms with Gasteiger partial charge in [-0.25, -0.2) is 0 Å². The van der Waals surface area contributed by atoms with Crippen LogP contribution in [0.5, 0.6) is 0 Å². The fraction of sp³-hybridized carbons (Fsp3) is 0.800. The summed E-state index contributed by atoms with van der Waals surface area (Å²) >= 11 is 1.42. The van der Waals surface area contributed by atoms with Crippen LogP contribution in [-0.4, -0.2) is 33.1 Å². The highest BCUT2D eigenvalue weighted by Crippen LogP contribution is 2.27. The lowest BCUT2D eigenvalue weighted by molar-refractivity contribution is -0.139. The van der Waals surface area contributed by atoms with Crippen molar-refractivity contribution < 1.29 is 9.53 Å². The van der Waals surface area contributed by atoms with Crippen LogP contribution >= 0.6 is 11.8 Å². The number of thioether (sulfide) groups is 1. The average molecular weight is 311 g/mol. The molecule has 0 N–H and O–H groups in total. The van der Waals surface area contributed by atoms with Crippen LogP contribution in [-0.2, 0) is 22.5 Å². The molecule has 0 radical (unpaired) electrons. The van der Waals surface area contributed by atoms with Gasteiger partial charge in [0, 0.05) is 13.0 Å². The molecule has 1 saturated carbocycles. The number of aromatic nitrogens is 3. The van der Waals surface area contributed by atoms with Gasteiger partial charge in [-0.3, -0.25) is 4.79 Å². The minimum absolute atomic E-state index is 0.193. The van der Waals surface area contributed by atoms with Crippen molar-refractivity contribution in [2.45, 2.75) is 64.1 Å². The lowest BCUT2D eigenvalue weighted by Gasteiger charge is -2.21. The van der Waals surface area contributed by atoms with Crippen molar-refractivity contribution >= 4 is 17.7 Å². The minimum atomic E-state index is -0.193. The molecule has 21 heavy (non-hydrogen) atoms. The molecule has 1 fully saturated rings. The van der Waals surface area contributed by atoms with Crippen LogP contribution in [0, 0.1) is 5.92 Å². The molecule has 0 amide bonds. The molecular formula is C15H25N3O2S. The molecule has 118 valence electrons. The van der Waals surface area contributed by atoms with Crippen LogP contribution in [0.25, 0.3) is 0 Å². The molecule has 5 nitrogen and oxygen atoms in total. The van der Waals surface area contributed by atoms with Crippen LogP contribution in [0.1, 0.15) is 51.8 Å². The number of carbonyl (C=O) groups is 1. The Morgan fingerprint density at radius 2 is 2.05 bits per heavy atom. The van der Waals surface area contributed by atoms with E-state index in [1.807, 2.05) is 6.92 Å². The van der Waals surface area contributed by atoms with Gasteiger partial charge in [-0.1, -0.05) is 43.9 Å². The lowest BCUT2D eigenvalue weighted by Crippen LogP contribution is -2.14. The van der Waals surface area contributed by atoms with Crippen LogP contribution in [0.3, 0.4) is 0 Å². The van der Waals surface area contributed by atoms with Gasteiger partial charge in [-0.2, -0.15) is 0 Å². The predicted molar refractivity (Wildman–Crippen MR) is 83.3 cm³/mol. The molecule has 1 aliphatic rings. The van der Waals surface area contributed by atoms with E-state index in [9.17, 15) is 4.79 Å². The summed E-state index contributed by atoms with van der Waals surface area (Å²) in [6.45, 7) is 5.19. The van der Waals surface area contributed by atoms with Crippen LogP contribution < -0.4 is 0 Å². The van der Waals surface area contributed by atoms with Gasteiger partial charge in [0.1, 0.15) is 5.82 Å². The van der Waals surface area contributed by atoms with E-state index in [4.69, 9.17) is 4.74 Å². The van der Waals surface area contributed by atoms with Crippen molar-refractivity contribution in [1.82, 2.24) is 14.8 Å². The van der Waals surface area contributed by atoms with E-state index < -0.39 is 0 Å². The quantitative estimate of drug-likeness (QED) is 0.572. The van der Waals surface area contributed by atoms with Gasteiger partial charge < -0.3 is 9.30 Å². The maximum Gasteiger partial charge on any atom is 0.316 e. The fourth-order valence-electron chi connectivity index (χ4n) is 2.87. The van der Waals surface area contributed by atoms with E-state index in [-0.39, 0.29) is 5.97 Å². The molecule has 0 atom stereocenters. The molecule has 0 unspecified atom stereocenters. The molecule has 1 aromatic heterocycles. The monoisotopic (exact) mass is 311 g/mol. The first-order valence-corrected chi connectivity index (χ1v) is 8.93. The molecular weight excluding hydrogens is 286 g/mol. The normalized spacial score (nSPS) is 16.1. The average Bonchev–Trinajstić information content (AvgIpc) is 2.88. The van der Waals surface area contributed by atoms with E-state index in [0.29, 0.717) is 12.4 Å². The highest BCUT2D eigenvalue weighted by atomic mass is 32.2. The molecule has 0 bridgehead atoms. The van der Waals surface area contributed by atoms with Gasteiger partial charge in [0.25, 0.3) is 0 Å². The van der Waals surface area contributed by atoms with E-state index in [1.165, 1.54) is 43.9 Å². The van der Waals surface area contributed by atoms with Gasteiger partial charge in [0.2, 0.25) is 0 Å². The number of hydrogen-bond acceptors (Lipinski definition) is 5. The van der Waals surface area contributed by atoms with Crippen molar-refractivity contribution in [2.75, 3.05) is 12.4 Å². The zero-order valence-electron chi connectivity index (χ0n) is 13.0. The van der Waals surface area contributed by atoms with Gasteiger partial charge >= 0.3 is 5.97 Å². The highest BCUT2D eigenvalue weighted by molar-refractivity contribution is 7.99. The Bertz CT molecular complexity index is 456. The maximum atomic E-state index is 11.4. The Morgan fingerprint density at radius 1 is 1.29 bits per heavy atom. The number of carbonyl (C=O) groups excluding carboxylic acids is 1. The summed E-state index contributed by atoms with van der Waals surface area (Å²) in [7, 11) is 0. The highest BCUT2D eigenvalue weighted by Gasteiger charge is 2.19. The second kappa shape index (κ2) is 8.41. The van der Waals surface area contributed by atoms with Crippen molar-refractivity contribution in [3.05, 3.63) is 5.82 Å². The number of ether oxygens (including phenoxy) is 1. The topological polar surface area (TPSA) is 57.0 Å². The largest absolute Gasteiger partial charge is 0.465 e. The minimum Gasteiger partial charge on any atom is -0.465 e. The first-order valence-electron chi connectivity index (χ1n) is 7.95. The molecule has 6 heteroatoms. The second-order valence-electron chi connectivity index (χ2n) is 5.44. The Hall–Kier alpha value is -1.04. The first kappa shape index (κ1) is 16.3. The number of esters is 1. The van der Waals surface area contributed by atoms with Gasteiger partial charge in [0.15, 0.2) is 5.16 Å². The lowest BCUT2D eigenvalue weighted by atomic mass is 9.87. The molecule has 0 saturated heterocycles. The molecule has 1 heterocycles. The molecule has 1 aliphatic carbocycles. The summed E-state index contributed by atoms with van der Waals surface area (Å²) in [5.74, 6) is 1.92. The third-order valence-electron chi connectivity index (χ3n) is 3.93. The fourth-order valence-corrected chi connectivity index (χ4v) is 3.69. The van der Waals surface area contributed by atoms with E-state index in [2.05, 4.69) is 21.7 Å². The Balaban J connectivity index is 1.94. The number of nitrogens with zero attached hydrogens (tertiary/aromatic N) is 3. The number of rotatable bonds is 7. The maximum absolute atomic E-state index is 11.4. The van der Waals surface area contributed by atoms with E-state index in [1.54, 1.807) is 0 Å². The van der Waals surface area contributed by atoms with Crippen molar-refractivity contribution in [3.8, 4) is 0 Å². The number of hydrogen-bond donors (Lipinski definition) is 0. The Labute approximate surface area is 130 Å². The van der Waals surface area contributed by atoms with Crippen molar-refractivity contribution in [2.24, 2.45) is 5.92 Å². The zero-order chi connectivity index (χ0) is 15.1. The summed E-state index contributed by atoms with van der Waals surface area (Å²) in [6, 6.07) is 0. The third kappa shape index (κ3) is 4.73. The predicted octanol–water partition coefficient (Wildman–Crippen LogP) is 3.08. The van der Waals surface area contributed by atoms with E-state index >= 15 is 0 Å². The molecule has 1 aromatic rings. The summed E-state index contributed by atoms with van der Waals surface area (Å²) in [5.41, 5.74) is 0.